The number of rotatable bonds is 21. The van der Waals surface area contributed by atoms with Gasteiger partial charge in [-0.1, -0.05) is 63.9 Å². The fraction of sp³-hybridized carbons (Fsp3) is 0.550. The minimum Gasteiger partial charge on any atom is -0.497 e. The van der Waals surface area contributed by atoms with Gasteiger partial charge in [-0.05, 0) is 62.9 Å². The Kier molecular flexibility index (Phi) is 16.3. The fourth-order valence-electron chi connectivity index (χ4n) is 6.50. The van der Waals surface area contributed by atoms with Crippen molar-refractivity contribution in [2.45, 2.75) is 121 Å². The molecule has 1 fully saturated rings. The number of methoxy groups -OCH3 is 1. The molecule has 15 heteroatoms. The molecule has 5 atom stereocenters. The average Bonchev–Trinajstić information content (AvgIpc) is 3.55. The number of nitrogens with two attached hydrogens (primary N) is 1. The van der Waals surface area contributed by atoms with Crippen LogP contribution in [0.4, 0.5) is 0 Å². The summed E-state index contributed by atoms with van der Waals surface area (Å²) >= 11 is 0. The Bertz CT molecular complexity index is 1770. The monoisotopic (exact) mass is 784 g/mol. The number of benzene rings is 2. The Balaban J connectivity index is 1.80. The lowest BCUT2D eigenvalue weighted by atomic mass is 9.87. The molecule has 2 aromatic rings. The Hall–Kier alpha value is -4.47. The number of amides is 3. The zero-order valence-electron chi connectivity index (χ0n) is 32.8. The van der Waals surface area contributed by atoms with Crippen LogP contribution in [0.15, 0.2) is 59.5 Å². The molecule has 0 bridgehead atoms. The summed E-state index contributed by atoms with van der Waals surface area (Å²) in [5, 5.41) is 2.51. The molecule has 14 nitrogen and oxygen atoms in total. The maximum atomic E-state index is 14.3. The number of carbonyl (C=O) groups excluding carboxylic acids is 6. The molecule has 55 heavy (non-hydrogen) atoms. The lowest BCUT2D eigenvalue weighted by molar-refractivity contribution is -0.143. The van der Waals surface area contributed by atoms with E-state index < -0.39 is 93.2 Å². The van der Waals surface area contributed by atoms with E-state index in [9.17, 15) is 37.2 Å². The van der Waals surface area contributed by atoms with E-state index in [1.165, 1.54) is 36.3 Å². The topological polar surface area (TPSA) is 208 Å². The predicted molar refractivity (Wildman–Crippen MR) is 205 cm³/mol. The van der Waals surface area contributed by atoms with Gasteiger partial charge in [0.2, 0.25) is 33.5 Å². The van der Waals surface area contributed by atoms with Gasteiger partial charge in [-0.2, -0.15) is 4.72 Å². The molecule has 1 saturated heterocycles. The highest BCUT2D eigenvalue weighted by Crippen LogP contribution is 2.30. The minimum absolute atomic E-state index is 0.0108. The largest absolute Gasteiger partial charge is 0.497 e. The van der Waals surface area contributed by atoms with Gasteiger partial charge in [-0.15, -0.1) is 0 Å². The second-order valence-electron chi connectivity index (χ2n) is 15.2. The fourth-order valence-corrected chi connectivity index (χ4v) is 7.84. The molecule has 3 amide bonds. The Morgan fingerprint density at radius 2 is 1.60 bits per heavy atom. The summed E-state index contributed by atoms with van der Waals surface area (Å²) in [4.78, 5) is 81.2. The van der Waals surface area contributed by atoms with Gasteiger partial charge in [0.25, 0.3) is 0 Å². The summed E-state index contributed by atoms with van der Waals surface area (Å²) in [6.07, 6.45) is -0.150. The molecule has 0 aromatic heterocycles. The Morgan fingerprint density at radius 3 is 2.15 bits per heavy atom. The van der Waals surface area contributed by atoms with Crippen molar-refractivity contribution in [1.29, 1.82) is 0 Å². The normalized spacial score (nSPS) is 17.6. The van der Waals surface area contributed by atoms with Crippen molar-refractivity contribution in [3.63, 3.8) is 0 Å². The maximum Gasteiger partial charge on any atom is 0.244 e. The van der Waals surface area contributed by atoms with Crippen LogP contribution < -0.4 is 20.5 Å². The number of likely N-dealkylation sites (tertiary alicyclic amines) is 1. The highest BCUT2D eigenvalue weighted by Gasteiger charge is 2.45. The maximum absolute atomic E-state index is 14.3. The SMILES string of the molecule is CCCCC(CC(=O)[C@@H]1C[C@@H](OC(C)(C)C)CN1C(=O)[C@@H](NS(=O)(=O)c1ccc(OC)cc1)C(C)C)C(=O)C(=O)CCC(=O)N[C@H](C(N)=O)c1ccccc1. The molecule has 0 aliphatic carbocycles. The number of hydrogen-bond donors (Lipinski definition) is 3. The third-order valence-electron chi connectivity index (χ3n) is 9.32. The van der Waals surface area contributed by atoms with Crippen molar-refractivity contribution in [2.75, 3.05) is 13.7 Å². The first-order chi connectivity index (χ1) is 25.8. The van der Waals surface area contributed by atoms with Crippen molar-refractivity contribution in [3.8, 4) is 5.75 Å². The minimum atomic E-state index is -4.17. The van der Waals surface area contributed by atoms with E-state index in [4.69, 9.17) is 15.2 Å². The number of unbranched alkanes of at least 4 members (excludes halogenated alkanes) is 1. The highest BCUT2D eigenvalue weighted by atomic mass is 32.2. The molecule has 1 aliphatic heterocycles. The molecule has 1 aliphatic rings. The molecule has 0 spiro atoms. The lowest BCUT2D eigenvalue weighted by Gasteiger charge is -2.31. The van der Waals surface area contributed by atoms with Crippen LogP contribution in [0.25, 0.3) is 0 Å². The number of ether oxygens (including phenoxy) is 2. The summed E-state index contributed by atoms with van der Waals surface area (Å²) in [6.45, 7) is 10.8. The smallest absolute Gasteiger partial charge is 0.244 e. The number of Topliss-reactive ketones (excluding diaryl/α,β-unsaturated/α-hetero) is 3. The van der Waals surface area contributed by atoms with Crippen LogP contribution in [-0.4, -0.2) is 85.8 Å². The molecule has 3 rings (SSSR count). The van der Waals surface area contributed by atoms with Gasteiger partial charge in [-0.3, -0.25) is 28.8 Å². The van der Waals surface area contributed by atoms with Crippen LogP contribution in [-0.2, 0) is 43.5 Å². The first-order valence-corrected chi connectivity index (χ1v) is 20.1. The summed E-state index contributed by atoms with van der Waals surface area (Å²) in [5.41, 5.74) is 5.33. The number of hydrogen-bond acceptors (Lipinski definition) is 10. The molecule has 4 N–H and O–H groups in total. The molecule has 302 valence electrons. The standard InChI is InChI=1S/C40H56N4O10S/c1-8-9-13-27(37(48)32(45)20-21-34(47)42-36(38(41)49)26-14-11-10-12-15-26)22-33(46)31-23-29(54-40(4,5)6)24-44(31)39(50)35(25(2)3)43-55(51,52)30-18-16-28(53-7)17-19-30/h10-12,14-19,25,27,29,31,35-36,43H,8-9,13,20-24H2,1-7H3,(H2,41,49)(H,42,47)/t27?,29-,31+,35+,36+/m1/s1. The number of sulfonamides is 1. The zero-order valence-corrected chi connectivity index (χ0v) is 33.6. The average molecular weight is 785 g/mol. The molecule has 0 saturated carbocycles. The summed E-state index contributed by atoms with van der Waals surface area (Å²) < 4.78 is 40.7. The van der Waals surface area contributed by atoms with Gasteiger partial charge in [-0.25, -0.2) is 8.42 Å². The van der Waals surface area contributed by atoms with Gasteiger partial charge < -0.3 is 25.4 Å². The van der Waals surface area contributed by atoms with Gasteiger partial charge in [0.1, 0.15) is 17.8 Å². The second-order valence-corrected chi connectivity index (χ2v) is 16.9. The summed E-state index contributed by atoms with van der Waals surface area (Å²) in [7, 11) is -2.72. The number of nitrogens with zero attached hydrogens (tertiary/aromatic N) is 1. The third-order valence-corrected chi connectivity index (χ3v) is 10.8. The molecule has 1 unspecified atom stereocenters. The first kappa shape index (κ1) is 44.9. The van der Waals surface area contributed by atoms with E-state index in [0.717, 1.165) is 0 Å². The van der Waals surface area contributed by atoms with E-state index in [-0.39, 0.29) is 37.1 Å². The van der Waals surface area contributed by atoms with Crippen LogP contribution in [0, 0.1) is 11.8 Å². The molecule has 0 radical (unpaired) electrons. The first-order valence-electron chi connectivity index (χ1n) is 18.7. The molecular weight excluding hydrogens is 729 g/mol. The van der Waals surface area contributed by atoms with E-state index >= 15 is 0 Å². The van der Waals surface area contributed by atoms with Crippen molar-refractivity contribution in [1.82, 2.24) is 14.9 Å². The van der Waals surface area contributed by atoms with Gasteiger partial charge in [0.15, 0.2) is 11.6 Å². The number of nitrogens with one attached hydrogen (secondary N) is 2. The van der Waals surface area contributed by atoms with Crippen LogP contribution in [0.1, 0.15) is 98.1 Å². The number of primary amides is 1. The van der Waals surface area contributed by atoms with Gasteiger partial charge in [0.05, 0.1) is 29.8 Å². The highest BCUT2D eigenvalue weighted by molar-refractivity contribution is 7.89. The van der Waals surface area contributed by atoms with Crippen molar-refractivity contribution in [3.05, 3.63) is 60.2 Å². The van der Waals surface area contributed by atoms with Crippen molar-refractivity contribution >= 4 is 45.1 Å². The van der Waals surface area contributed by atoms with Crippen molar-refractivity contribution in [2.24, 2.45) is 17.6 Å². The predicted octanol–water partition coefficient (Wildman–Crippen LogP) is 3.81. The van der Waals surface area contributed by atoms with E-state index in [0.29, 0.717) is 24.2 Å². The summed E-state index contributed by atoms with van der Waals surface area (Å²) in [5.74, 6) is -5.20. The van der Waals surface area contributed by atoms with Gasteiger partial charge >= 0.3 is 0 Å². The number of carbonyl (C=O) groups is 6. The Morgan fingerprint density at radius 1 is 0.964 bits per heavy atom. The van der Waals surface area contributed by atoms with Crippen LogP contribution in [0.2, 0.25) is 0 Å². The van der Waals surface area contributed by atoms with E-state index in [1.54, 1.807) is 44.2 Å². The molecule has 2 aromatic carbocycles. The van der Waals surface area contributed by atoms with Crippen molar-refractivity contribution < 1.29 is 46.7 Å². The number of ketones is 3. The second kappa shape index (κ2) is 19.9. The molecule has 1 heterocycles. The van der Waals surface area contributed by atoms with Crippen LogP contribution in [0.5, 0.6) is 5.75 Å². The zero-order chi connectivity index (χ0) is 41.1. The van der Waals surface area contributed by atoms with Gasteiger partial charge in [0, 0.05) is 38.1 Å². The van der Waals surface area contributed by atoms with Crippen LogP contribution in [0.3, 0.4) is 0 Å². The quantitative estimate of drug-likeness (QED) is 0.156. The van der Waals surface area contributed by atoms with E-state index in [1.807, 2.05) is 27.7 Å². The van der Waals surface area contributed by atoms with E-state index in [2.05, 4.69) is 10.0 Å². The summed E-state index contributed by atoms with van der Waals surface area (Å²) in [6, 6.07) is 10.7. The lowest BCUT2D eigenvalue weighted by Crippen LogP contribution is -2.54. The molecular formula is C40H56N4O10S. The van der Waals surface area contributed by atoms with Crippen LogP contribution >= 0.6 is 0 Å². The Labute approximate surface area is 324 Å². The third kappa shape index (κ3) is 13.1.